The predicted molar refractivity (Wildman–Crippen MR) is 186 cm³/mol. The molecule has 1 fully saturated rings. The molecular formula is C36H42ClN3O5S2. The van der Waals surface area contributed by atoms with Crippen molar-refractivity contribution in [3.63, 3.8) is 0 Å². The van der Waals surface area contributed by atoms with Gasteiger partial charge < -0.3 is 14.7 Å². The molecule has 1 spiro atoms. The van der Waals surface area contributed by atoms with E-state index in [0.717, 1.165) is 47.8 Å². The number of thiazole rings is 1. The highest BCUT2D eigenvalue weighted by Gasteiger charge is 2.49. The van der Waals surface area contributed by atoms with Crippen molar-refractivity contribution in [3.05, 3.63) is 86.3 Å². The number of hydrogen-bond donors (Lipinski definition) is 2. The van der Waals surface area contributed by atoms with Crippen LogP contribution in [0.3, 0.4) is 0 Å². The standard InChI is InChI=1S/C36H42ClN3O5S2/c1-22-6-4-15-36(42,33-19-46-24(3)38-33)30-11-8-27(30)18-40-20-35(14-5-7-25-16-28(37)10-12-29(25)35)21-45-32-13-9-26(17-31(32)40)34(41)39-47(43,44)23(22)2/h4,9-10,12-13,15-17,19,22-23,27,30,42H,5-8,11,14,18,20-21H2,1-3H3,(H,39,41)/b15-4-/t22-,23+,27-,30+,35-,36-/m0/s1. The first-order chi connectivity index (χ1) is 22.4. The van der Waals surface area contributed by atoms with Crippen molar-refractivity contribution >= 4 is 44.6 Å². The van der Waals surface area contributed by atoms with Crippen LogP contribution in [0, 0.1) is 24.7 Å². The first kappa shape index (κ1) is 32.6. The molecule has 2 aliphatic carbocycles. The summed E-state index contributed by atoms with van der Waals surface area (Å²) in [4.78, 5) is 20.6. The molecule has 6 atom stereocenters. The van der Waals surface area contributed by atoms with Crippen molar-refractivity contribution in [3.8, 4) is 5.75 Å². The summed E-state index contributed by atoms with van der Waals surface area (Å²) in [5, 5.41) is 15.2. The lowest BCUT2D eigenvalue weighted by Crippen LogP contribution is -2.51. The van der Waals surface area contributed by atoms with E-state index in [-0.39, 0.29) is 28.7 Å². The van der Waals surface area contributed by atoms with Crippen molar-refractivity contribution in [2.75, 3.05) is 24.6 Å². The average molecular weight is 696 g/mol. The van der Waals surface area contributed by atoms with Crippen LogP contribution in [0.1, 0.15) is 78.1 Å². The highest BCUT2D eigenvalue weighted by molar-refractivity contribution is 7.90. The van der Waals surface area contributed by atoms with E-state index in [1.807, 2.05) is 37.4 Å². The maximum atomic E-state index is 13.5. The number of hydrogen-bond acceptors (Lipinski definition) is 8. The smallest absolute Gasteiger partial charge is 0.264 e. The minimum atomic E-state index is -3.99. The van der Waals surface area contributed by atoms with Gasteiger partial charge >= 0.3 is 0 Å². The number of nitrogens with one attached hydrogen (secondary N) is 1. The molecule has 7 rings (SSSR count). The molecule has 1 aromatic heterocycles. The zero-order valence-corrected chi connectivity index (χ0v) is 29.4. The molecule has 2 bridgehead atoms. The molecule has 0 radical (unpaired) electrons. The summed E-state index contributed by atoms with van der Waals surface area (Å²) in [5.74, 6) is -0.238. The first-order valence-electron chi connectivity index (χ1n) is 16.6. The number of carbonyl (C=O) groups excluding carboxylic acids is 1. The number of sulfonamides is 1. The third-order valence-corrected chi connectivity index (χ3v) is 14.1. The zero-order valence-electron chi connectivity index (χ0n) is 27.0. The lowest BCUT2D eigenvalue weighted by Gasteiger charge is -2.48. The maximum absolute atomic E-state index is 13.5. The Labute approximate surface area is 286 Å². The Morgan fingerprint density at radius 1 is 1.17 bits per heavy atom. The van der Waals surface area contributed by atoms with E-state index in [0.29, 0.717) is 37.6 Å². The predicted octanol–water partition coefficient (Wildman–Crippen LogP) is 6.54. The van der Waals surface area contributed by atoms with Crippen LogP contribution in [0.15, 0.2) is 53.9 Å². The molecule has 47 heavy (non-hydrogen) atoms. The van der Waals surface area contributed by atoms with Crippen molar-refractivity contribution in [2.45, 2.75) is 75.6 Å². The minimum absolute atomic E-state index is 0.0860. The Bertz CT molecular complexity index is 1840. The van der Waals surface area contributed by atoms with Gasteiger partial charge in [0.1, 0.15) is 11.4 Å². The van der Waals surface area contributed by atoms with Gasteiger partial charge in [0, 0.05) is 40.4 Å². The van der Waals surface area contributed by atoms with Gasteiger partial charge in [-0.3, -0.25) is 4.79 Å². The second-order valence-electron chi connectivity index (χ2n) is 14.1. The van der Waals surface area contributed by atoms with Crippen molar-refractivity contribution < 1.29 is 23.1 Å². The van der Waals surface area contributed by atoms with Crippen LogP contribution in [0.25, 0.3) is 0 Å². The Hall–Kier alpha value is -2.92. The quantitative estimate of drug-likeness (QED) is 0.279. The van der Waals surface area contributed by atoms with E-state index < -0.39 is 26.8 Å². The van der Waals surface area contributed by atoms with Crippen LogP contribution in [-0.2, 0) is 27.5 Å². The monoisotopic (exact) mass is 695 g/mol. The number of fused-ring (bicyclic) bond motifs is 4. The molecule has 11 heteroatoms. The fraction of sp³-hybridized carbons (Fsp3) is 0.500. The van der Waals surface area contributed by atoms with Gasteiger partial charge in [-0.1, -0.05) is 36.7 Å². The fourth-order valence-electron chi connectivity index (χ4n) is 8.09. The van der Waals surface area contributed by atoms with Gasteiger partial charge in [0.15, 0.2) is 0 Å². The molecule has 2 aliphatic heterocycles. The minimum Gasteiger partial charge on any atom is -0.490 e. The highest BCUT2D eigenvalue weighted by Crippen LogP contribution is 2.51. The summed E-state index contributed by atoms with van der Waals surface area (Å²) in [6, 6.07) is 11.4. The lowest BCUT2D eigenvalue weighted by atomic mass is 9.63. The molecule has 3 aromatic rings. The maximum Gasteiger partial charge on any atom is 0.264 e. The SMILES string of the molecule is Cc1nc([C@]2(O)/C=C\C[C@H](C)[C@@H](C)S(=O)(=O)NC(=O)c3ccc4c(c3)N(C[C@@H]3CC[C@H]32)C[C@@]2(CCCc3cc(Cl)ccc32)CO4)cs1. The van der Waals surface area contributed by atoms with Crippen molar-refractivity contribution in [1.82, 2.24) is 9.71 Å². The Morgan fingerprint density at radius 3 is 2.74 bits per heavy atom. The van der Waals surface area contributed by atoms with Gasteiger partial charge in [0.05, 0.1) is 28.2 Å². The second kappa shape index (κ2) is 12.2. The topological polar surface area (TPSA) is 109 Å². The number of anilines is 1. The molecular weight excluding hydrogens is 654 g/mol. The number of allylic oxidation sites excluding steroid dienone is 1. The molecule has 250 valence electrons. The third-order valence-electron chi connectivity index (χ3n) is 11.2. The number of carbonyl (C=O) groups is 1. The van der Waals surface area contributed by atoms with Crippen LogP contribution < -0.4 is 14.4 Å². The number of amides is 1. The van der Waals surface area contributed by atoms with Gasteiger partial charge in [0.2, 0.25) is 10.0 Å². The Kier molecular flexibility index (Phi) is 8.47. The number of halogens is 1. The van der Waals surface area contributed by atoms with Gasteiger partial charge in [-0.05, 0) is 106 Å². The average Bonchev–Trinajstić information content (AvgIpc) is 3.40. The normalized spacial score (nSPS) is 32.6. The largest absolute Gasteiger partial charge is 0.490 e. The van der Waals surface area contributed by atoms with Gasteiger partial charge in [0.25, 0.3) is 5.91 Å². The molecule has 0 saturated heterocycles. The molecule has 3 heterocycles. The number of ether oxygens (including phenoxy) is 1. The Morgan fingerprint density at radius 2 is 2.00 bits per heavy atom. The molecule has 2 aromatic carbocycles. The number of rotatable bonds is 1. The molecule has 8 nitrogen and oxygen atoms in total. The van der Waals surface area contributed by atoms with Crippen LogP contribution in [-0.4, -0.2) is 49.4 Å². The van der Waals surface area contributed by atoms with E-state index in [2.05, 4.69) is 21.8 Å². The van der Waals surface area contributed by atoms with Gasteiger partial charge in [-0.2, -0.15) is 0 Å². The van der Waals surface area contributed by atoms with Crippen LogP contribution >= 0.6 is 22.9 Å². The van der Waals surface area contributed by atoms with Crippen molar-refractivity contribution in [1.29, 1.82) is 0 Å². The molecule has 1 saturated carbocycles. The second-order valence-corrected chi connectivity index (χ2v) is 17.6. The van der Waals surface area contributed by atoms with E-state index in [1.165, 1.54) is 22.5 Å². The summed E-state index contributed by atoms with van der Waals surface area (Å²) in [6.45, 7) is 7.18. The summed E-state index contributed by atoms with van der Waals surface area (Å²) in [5.41, 5.74) is 2.54. The van der Waals surface area contributed by atoms with E-state index in [1.54, 1.807) is 25.1 Å². The van der Waals surface area contributed by atoms with Crippen LogP contribution in [0.2, 0.25) is 5.02 Å². The highest BCUT2D eigenvalue weighted by atomic mass is 35.5. The summed E-state index contributed by atoms with van der Waals surface area (Å²) >= 11 is 7.96. The number of aryl methyl sites for hydroxylation is 2. The van der Waals surface area contributed by atoms with Crippen molar-refractivity contribution in [2.24, 2.45) is 17.8 Å². The van der Waals surface area contributed by atoms with Gasteiger partial charge in [-0.25, -0.2) is 18.1 Å². The molecule has 2 N–H and O–H groups in total. The van der Waals surface area contributed by atoms with Crippen LogP contribution in [0.4, 0.5) is 5.69 Å². The number of aromatic nitrogens is 1. The Balaban J connectivity index is 1.35. The van der Waals surface area contributed by atoms with Crippen LogP contribution in [0.5, 0.6) is 5.75 Å². The van der Waals surface area contributed by atoms with Gasteiger partial charge in [-0.15, -0.1) is 11.3 Å². The number of nitrogens with zero attached hydrogens (tertiary/aromatic N) is 2. The number of aliphatic hydroxyl groups is 1. The summed E-state index contributed by atoms with van der Waals surface area (Å²) in [6.07, 6.45) is 8.85. The summed E-state index contributed by atoms with van der Waals surface area (Å²) < 4.78 is 35.7. The molecule has 4 aliphatic rings. The summed E-state index contributed by atoms with van der Waals surface area (Å²) in [7, 11) is -3.99. The van der Waals surface area contributed by atoms with E-state index in [4.69, 9.17) is 21.3 Å². The van der Waals surface area contributed by atoms with E-state index >= 15 is 0 Å². The lowest BCUT2D eigenvalue weighted by molar-refractivity contribution is -0.0526. The third kappa shape index (κ3) is 5.89. The number of benzene rings is 2. The zero-order chi connectivity index (χ0) is 33.1. The fourth-order valence-corrected chi connectivity index (χ4v) is 10.2. The van der Waals surface area contributed by atoms with E-state index in [9.17, 15) is 18.3 Å². The molecule has 1 amide bonds. The molecule has 0 unspecified atom stereocenters. The first-order valence-corrected chi connectivity index (χ1v) is 19.4.